The maximum absolute atomic E-state index is 12.5. The normalized spacial score (nSPS) is 15.5. The average molecular weight is 504 g/mol. The minimum atomic E-state index is -0.673. The first-order chi connectivity index (χ1) is 16.4. The van der Waals surface area contributed by atoms with Crippen LogP contribution in [0.1, 0.15) is 12.5 Å². The Morgan fingerprint density at radius 3 is 2.56 bits per heavy atom. The number of aliphatic hydroxyl groups is 1. The molecular weight excluding hydrogens is 482 g/mol. The first kappa shape index (κ1) is 25.2. The number of carbonyl (C=O) groups excluding carboxylic acids is 2. The number of hydrogen-bond donors (Lipinski definition) is 1. The van der Waals surface area contributed by atoms with Gasteiger partial charge in [0.1, 0.15) is 16.4 Å². The molecule has 0 radical (unpaired) electrons. The van der Waals surface area contributed by atoms with Crippen molar-refractivity contribution in [3.63, 3.8) is 0 Å². The molecule has 10 heteroatoms. The fourth-order valence-corrected chi connectivity index (χ4v) is 4.23. The molecule has 0 bridgehead atoms. The zero-order chi connectivity index (χ0) is 24.7. The van der Waals surface area contributed by atoms with Crippen LogP contribution in [0.2, 0.25) is 5.02 Å². The van der Waals surface area contributed by atoms with E-state index in [9.17, 15) is 14.7 Å². The summed E-state index contributed by atoms with van der Waals surface area (Å²) in [6.45, 7) is 1.49. The number of aliphatic imine (C=N–C) groups is 1. The first-order valence-electron chi connectivity index (χ1n) is 10.1. The van der Waals surface area contributed by atoms with Gasteiger partial charge in [-0.2, -0.15) is 0 Å². The highest BCUT2D eigenvalue weighted by molar-refractivity contribution is 8.18. The number of methoxy groups -OCH3 is 2. The minimum absolute atomic E-state index is 0.0157. The number of ether oxygens (including phenoxy) is 4. The van der Waals surface area contributed by atoms with Crippen LogP contribution in [0.15, 0.2) is 63.7 Å². The number of nitrogens with zero attached hydrogens (tertiary/aromatic N) is 1. The van der Waals surface area contributed by atoms with Crippen LogP contribution in [-0.4, -0.2) is 49.5 Å². The smallest absolute Gasteiger partial charge is 0.344 e. The number of esters is 2. The molecule has 0 aliphatic carbocycles. The molecule has 1 N–H and O–H groups in total. The monoisotopic (exact) mass is 503 g/mol. The van der Waals surface area contributed by atoms with Crippen LogP contribution in [-0.2, 0) is 19.1 Å². The van der Waals surface area contributed by atoms with E-state index in [1.165, 1.54) is 14.2 Å². The molecule has 2 aromatic carbocycles. The van der Waals surface area contributed by atoms with E-state index in [1.807, 2.05) is 18.2 Å². The van der Waals surface area contributed by atoms with Crippen LogP contribution in [0.25, 0.3) is 6.08 Å². The second-order valence-corrected chi connectivity index (χ2v) is 8.14. The summed E-state index contributed by atoms with van der Waals surface area (Å²) >= 11 is 7.47. The third kappa shape index (κ3) is 5.92. The molecule has 0 atom stereocenters. The van der Waals surface area contributed by atoms with Gasteiger partial charge in [-0.15, -0.1) is 0 Å². The molecule has 34 heavy (non-hydrogen) atoms. The van der Waals surface area contributed by atoms with Crippen LogP contribution < -0.4 is 9.47 Å². The van der Waals surface area contributed by atoms with E-state index in [0.29, 0.717) is 21.2 Å². The lowest BCUT2D eigenvalue weighted by atomic mass is 10.1. The maximum Gasteiger partial charge on any atom is 0.344 e. The third-order valence-corrected chi connectivity index (χ3v) is 5.77. The maximum atomic E-state index is 12.5. The summed E-state index contributed by atoms with van der Waals surface area (Å²) in [5, 5.41) is 11.3. The number of halogens is 1. The van der Waals surface area contributed by atoms with Gasteiger partial charge in [0.2, 0.25) is 0 Å². The minimum Gasteiger partial charge on any atom is -0.506 e. The molecule has 0 fully saturated rings. The molecule has 0 aromatic heterocycles. The van der Waals surface area contributed by atoms with Crippen LogP contribution in [0.4, 0.5) is 5.69 Å². The highest BCUT2D eigenvalue weighted by Crippen LogP contribution is 2.42. The van der Waals surface area contributed by atoms with Gasteiger partial charge in [0, 0.05) is 0 Å². The van der Waals surface area contributed by atoms with Gasteiger partial charge in [-0.1, -0.05) is 41.6 Å². The standard InChI is InChI=1S/C24H22ClNO7S/c1-4-32-24(29)20-21(28)18(34-23(20)26-15-8-6-5-7-9-15)12-14-10-16(25)22(17(11-14)30-2)33-13-19(27)31-3/h5-12,28H,4,13H2,1-3H3/b18-12-,26-23?. The van der Waals surface area contributed by atoms with Crippen LogP contribution in [0.3, 0.4) is 0 Å². The number of carbonyl (C=O) groups is 2. The van der Waals surface area contributed by atoms with Crippen LogP contribution >= 0.6 is 23.4 Å². The Labute approximate surface area is 205 Å². The van der Waals surface area contributed by atoms with Crippen molar-refractivity contribution in [3.8, 4) is 11.5 Å². The Balaban J connectivity index is 2.00. The largest absolute Gasteiger partial charge is 0.506 e. The Morgan fingerprint density at radius 2 is 1.91 bits per heavy atom. The van der Waals surface area contributed by atoms with Crippen molar-refractivity contribution < 1.29 is 33.6 Å². The first-order valence-corrected chi connectivity index (χ1v) is 11.3. The van der Waals surface area contributed by atoms with E-state index in [2.05, 4.69) is 9.73 Å². The van der Waals surface area contributed by atoms with E-state index in [-0.39, 0.29) is 41.1 Å². The average Bonchev–Trinajstić information content (AvgIpc) is 3.12. The van der Waals surface area contributed by atoms with Crippen molar-refractivity contribution in [3.05, 3.63) is 69.3 Å². The Bertz CT molecular complexity index is 1180. The van der Waals surface area contributed by atoms with Crippen molar-refractivity contribution >= 4 is 52.1 Å². The predicted molar refractivity (Wildman–Crippen MR) is 131 cm³/mol. The van der Waals surface area contributed by atoms with Crippen LogP contribution in [0, 0.1) is 0 Å². The van der Waals surface area contributed by atoms with E-state index in [0.717, 1.165) is 11.8 Å². The zero-order valence-electron chi connectivity index (χ0n) is 18.7. The molecule has 1 aliphatic heterocycles. The highest BCUT2D eigenvalue weighted by atomic mass is 35.5. The second-order valence-electron chi connectivity index (χ2n) is 6.71. The lowest BCUT2D eigenvalue weighted by Crippen LogP contribution is -2.13. The molecule has 3 rings (SSSR count). The van der Waals surface area contributed by atoms with E-state index >= 15 is 0 Å². The molecule has 1 heterocycles. The van der Waals surface area contributed by atoms with Gasteiger partial charge in [0.05, 0.1) is 36.4 Å². The van der Waals surface area contributed by atoms with Gasteiger partial charge in [-0.05, 0) is 42.8 Å². The number of aliphatic hydroxyl groups excluding tert-OH is 1. The van der Waals surface area contributed by atoms with E-state index in [4.69, 9.17) is 25.8 Å². The highest BCUT2D eigenvalue weighted by Gasteiger charge is 2.33. The number of thioether (sulfide) groups is 1. The summed E-state index contributed by atoms with van der Waals surface area (Å²) < 4.78 is 20.4. The molecule has 178 valence electrons. The summed E-state index contributed by atoms with van der Waals surface area (Å²) in [5.41, 5.74) is 1.17. The second kappa shape index (κ2) is 11.6. The summed E-state index contributed by atoms with van der Waals surface area (Å²) in [5.74, 6) is -1.04. The van der Waals surface area contributed by atoms with E-state index < -0.39 is 11.9 Å². The lowest BCUT2D eigenvalue weighted by molar-refractivity contribution is -0.143. The van der Waals surface area contributed by atoms with Gasteiger partial charge in [0.15, 0.2) is 18.1 Å². The molecule has 0 amide bonds. The Hall–Kier alpha value is -3.43. The summed E-state index contributed by atoms with van der Waals surface area (Å²) in [6.07, 6.45) is 1.63. The van der Waals surface area contributed by atoms with Crippen molar-refractivity contribution in [1.29, 1.82) is 0 Å². The summed E-state index contributed by atoms with van der Waals surface area (Å²) in [7, 11) is 2.68. The molecule has 2 aromatic rings. The van der Waals surface area contributed by atoms with Gasteiger partial charge in [0.25, 0.3) is 0 Å². The van der Waals surface area contributed by atoms with Crippen molar-refractivity contribution in [2.45, 2.75) is 6.92 Å². The summed E-state index contributed by atoms with van der Waals surface area (Å²) in [6, 6.07) is 12.3. The zero-order valence-corrected chi connectivity index (χ0v) is 20.2. The van der Waals surface area contributed by atoms with Crippen LogP contribution in [0.5, 0.6) is 11.5 Å². The molecule has 8 nitrogen and oxygen atoms in total. The molecule has 0 saturated heterocycles. The van der Waals surface area contributed by atoms with Gasteiger partial charge in [-0.3, -0.25) is 0 Å². The van der Waals surface area contributed by atoms with E-state index in [1.54, 1.807) is 37.3 Å². The number of hydrogen-bond acceptors (Lipinski definition) is 9. The molecular formula is C24H22ClNO7S. The number of benzene rings is 2. The molecule has 1 aliphatic rings. The van der Waals surface area contributed by atoms with Crippen molar-refractivity contribution in [1.82, 2.24) is 0 Å². The number of para-hydroxylation sites is 1. The fraction of sp³-hybridized carbons (Fsp3) is 0.208. The number of rotatable bonds is 8. The van der Waals surface area contributed by atoms with Gasteiger partial charge in [-0.25, -0.2) is 14.6 Å². The molecule has 0 spiro atoms. The summed E-state index contributed by atoms with van der Waals surface area (Å²) in [4.78, 5) is 28.8. The third-order valence-electron chi connectivity index (χ3n) is 4.47. The van der Waals surface area contributed by atoms with Gasteiger partial charge >= 0.3 is 11.9 Å². The lowest BCUT2D eigenvalue weighted by Gasteiger charge is -2.12. The predicted octanol–water partition coefficient (Wildman–Crippen LogP) is 5.09. The molecule has 0 unspecified atom stereocenters. The Kier molecular flexibility index (Phi) is 8.61. The topological polar surface area (TPSA) is 104 Å². The van der Waals surface area contributed by atoms with Gasteiger partial charge < -0.3 is 24.1 Å². The fourth-order valence-electron chi connectivity index (χ4n) is 2.92. The molecule has 0 saturated carbocycles. The van der Waals surface area contributed by atoms with Crippen molar-refractivity contribution in [2.75, 3.05) is 27.4 Å². The van der Waals surface area contributed by atoms with Crippen molar-refractivity contribution in [2.24, 2.45) is 4.99 Å². The SMILES string of the molecule is CCOC(=O)C1=C(O)/C(=C/c2cc(Cl)c(OCC(=O)OC)c(OC)c2)SC1=Nc1ccccc1. The quantitative estimate of drug-likeness (QED) is 0.496. The Morgan fingerprint density at radius 1 is 1.18 bits per heavy atom.